The molecule has 1 aromatic carbocycles. The van der Waals surface area contributed by atoms with Gasteiger partial charge in [0.15, 0.2) is 0 Å². The van der Waals surface area contributed by atoms with Gasteiger partial charge in [0, 0.05) is 31.1 Å². The molecule has 2 rings (SSSR count). The molecule has 112 valence electrons. The molecule has 0 aliphatic carbocycles. The topological polar surface area (TPSA) is 12.5 Å². The first-order valence-corrected chi connectivity index (χ1v) is 8.74. The average Bonchev–Trinajstić information content (AvgIpc) is 2.44. The Morgan fingerprint density at radius 2 is 1.75 bits per heavy atom. The fourth-order valence-corrected chi connectivity index (χ4v) is 3.33. The van der Waals surface area contributed by atoms with Crippen molar-refractivity contribution >= 4 is 11.8 Å². The zero-order valence-corrected chi connectivity index (χ0v) is 13.8. The molecule has 1 heterocycles. The third-order valence-corrected chi connectivity index (χ3v) is 4.65. The molecule has 0 aromatic heterocycles. The van der Waals surface area contributed by atoms with Gasteiger partial charge in [0.25, 0.3) is 0 Å². The highest BCUT2D eigenvalue weighted by atomic mass is 32.2. The van der Waals surface area contributed by atoms with Gasteiger partial charge in [0.2, 0.25) is 0 Å². The van der Waals surface area contributed by atoms with Crippen LogP contribution in [-0.4, -0.2) is 42.6 Å². The molecule has 0 amide bonds. The largest absolute Gasteiger partial charge is 0.494 e. The molecule has 0 unspecified atom stereocenters. The lowest BCUT2D eigenvalue weighted by Gasteiger charge is -2.25. The van der Waals surface area contributed by atoms with Gasteiger partial charge in [-0.05, 0) is 29.5 Å². The summed E-state index contributed by atoms with van der Waals surface area (Å²) in [6.07, 6.45) is 1.12. The molecular formula is C17H27NOS. The van der Waals surface area contributed by atoms with Crippen molar-refractivity contribution in [1.82, 2.24) is 4.90 Å². The van der Waals surface area contributed by atoms with Gasteiger partial charge in [-0.25, -0.2) is 0 Å². The molecule has 0 bridgehead atoms. The van der Waals surface area contributed by atoms with Crippen LogP contribution in [0.2, 0.25) is 0 Å². The Balaban J connectivity index is 1.68. The van der Waals surface area contributed by atoms with Crippen molar-refractivity contribution in [2.75, 3.05) is 37.7 Å². The van der Waals surface area contributed by atoms with Crippen LogP contribution in [0.15, 0.2) is 24.3 Å². The van der Waals surface area contributed by atoms with Gasteiger partial charge in [0.05, 0.1) is 6.61 Å². The third kappa shape index (κ3) is 5.02. The molecule has 0 atom stereocenters. The van der Waals surface area contributed by atoms with E-state index in [-0.39, 0.29) is 5.41 Å². The van der Waals surface area contributed by atoms with Gasteiger partial charge in [-0.3, -0.25) is 0 Å². The summed E-state index contributed by atoms with van der Waals surface area (Å²) in [5.74, 6) is 3.57. The average molecular weight is 293 g/mol. The van der Waals surface area contributed by atoms with Gasteiger partial charge in [-0.2, -0.15) is 11.8 Å². The van der Waals surface area contributed by atoms with E-state index in [4.69, 9.17) is 4.74 Å². The minimum absolute atomic E-state index is 0.213. The number of nitrogens with zero attached hydrogens (tertiary/aromatic N) is 1. The predicted octanol–water partition coefficient (Wildman–Crippen LogP) is 3.80. The fourth-order valence-electron chi connectivity index (χ4n) is 2.35. The van der Waals surface area contributed by atoms with Crippen LogP contribution >= 0.6 is 11.8 Å². The van der Waals surface area contributed by atoms with Crippen molar-refractivity contribution in [2.24, 2.45) is 0 Å². The Kier molecular flexibility index (Phi) is 5.79. The molecule has 0 saturated carbocycles. The first kappa shape index (κ1) is 15.7. The number of ether oxygens (including phenoxy) is 1. The summed E-state index contributed by atoms with van der Waals surface area (Å²) in [7, 11) is 0. The summed E-state index contributed by atoms with van der Waals surface area (Å²) in [6.45, 7) is 11.2. The lowest BCUT2D eigenvalue weighted by Crippen LogP contribution is -2.33. The molecule has 1 saturated heterocycles. The van der Waals surface area contributed by atoms with Gasteiger partial charge in [0.1, 0.15) is 5.75 Å². The molecule has 3 heteroatoms. The van der Waals surface area contributed by atoms with E-state index < -0.39 is 0 Å². The SMILES string of the molecule is CC(C)(C)c1ccc(OCCCN2CCSCC2)cc1. The molecule has 1 aliphatic rings. The van der Waals surface area contributed by atoms with E-state index >= 15 is 0 Å². The van der Waals surface area contributed by atoms with Crippen molar-refractivity contribution < 1.29 is 4.74 Å². The lowest BCUT2D eigenvalue weighted by molar-refractivity contribution is 0.248. The van der Waals surface area contributed by atoms with E-state index in [1.165, 1.54) is 36.7 Å². The van der Waals surface area contributed by atoms with Crippen LogP contribution in [0.25, 0.3) is 0 Å². The maximum Gasteiger partial charge on any atom is 0.119 e. The molecule has 20 heavy (non-hydrogen) atoms. The quantitative estimate of drug-likeness (QED) is 0.766. The Morgan fingerprint density at radius 1 is 1.10 bits per heavy atom. The van der Waals surface area contributed by atoms with Gasteiger partial charge >= 0.3 is 0 Å². The minimum atomic E-state index is 0.213. The van der Waals surface area contributed by atoms with E-state index in [0.717, 1.165) is 18.8 Å². The van der Waals surface area contributed by atoms with Gasteiger partial charge in [-0.1, -0.05) is 32.9 Å². The minimum Gasteiger partial charge on any atom is -0.494 e. The first-order valence-electron chi connectivity index (χ1n) is 7.59. The fraction of sp³-hybridized carbons (Fsp3) is 0.647. The maximum atomic E-state index is 5.83. The highest BCUT2D eigenvalue weighted by Gasteiger charge is 2.13. The first-order chi connectivity index (χ1) is 9.55. The maximum absolute atomic E-state index is 5.83. The molecule has 0 N–H and O–H groups in total. The van der Waals surface area contributed by atoms with Crippen molar-refractivity contribution in [1.29, 1.82) is 0 Å². The monoisotopic (exact) mass is 293 g/mol. The number of hydrogen-bond donors (Lipinski definition) is 0. The summed E-state index contributed by atoms with van der Waals surface area (Å²) < 4.78 is 5.83. The molecule has 0 spiro atoms. The van der Waals surface area contributed by atoms with Crippen molar-refractivity contribution in [2.45, 2.75) is 32.6 Å². The van der Waals surface area contributed by atoms with Crippen LogP contribution in [0.3, 0.4) is 0 Å². The number of thioether (sulfide) groups is 1. The third-order valence-electron chi connectivity index (χ3n) is 3.71. The van der Waals surface area contributed by atoms with Crippen molar-refractivity contribution in [3.63, 3.8) is 0 Å². The zero-order valence-electron chi connectivity index (χ0n) is 13.0. The zero-order chi connectivity index (χ0) is 14.4. The van der Waals surface area contributed by atoms with E-state index in [0.29, 0.717) is 0 Å². The van der Waals surface area contributed by atoms with Crippen molar-refractivity contribution in [3.8, 4) is 5.75 Å². The van der Waals surface area contributed by atoms with Crippen LogP contribution in [-0.2, 0) is 5.41 Å². The highest BCUT2D eigenvalue weighted by Crippen LogP contribution is 2.24. The second-order valence-electron chi connectivity index (χ2n) is 6.43. The standard InChI is InChI=1S/C17H27NOS/c1-17(2,3)15-5-7-16(8-6-15)19-12-4-9-18-10-13-20-14-11-18/h5-8H,4,9-14H2,1-3H3. The van der Waals surface area contributed by atoms with E-state index in [2.05, 4.69) is 61.7 Å². The Bertz CT molecular complexity index is 390. The van der Waals surface area contributed by atoms with E-state index in [1.807, 2.05) is 0 Å². The number of rotatable bonds is 5. The molecule has 0 radical (unpaired) electrons. The summed E-state index contributed by atoms with van der Waals surface area (Å²) >= 11 is 2.07. The van der Waals surface area contributed by atoms with Crippen LogP contribution in [0, 0.1) is 0 Å². The summed E-state index contributed by atoms with van der Waals surface area (Å²) in [4.78, 5) is 2.54. The van der Waals surface area contributed by atoms with E-state index in [9.17, 15) is 0 Å². The second-order valence-corrected chi connectivity index (χ2v) is 7.66. The summed E-state index contributed by atoms with van der Waals surface area (Å²) in [6, 6.07) is 8.55. The van der Waals surface area contributed by atoms with Gasteiger partial charge < -0.3 is 9.64 Å². The smallest absolute Gasteiger partial charge is 0.119 e. The van der Waals surface area contributed by atoms with Crippen LogP contribution in [0.1, 0.15) is 32.8 Å². The number of benzene rings is 1. The van der Waals surface area contributed by atoms with Gasteiger partial charge in [-0.15, -0.1) is 0 Å². The van der Waals surface area contributed by atoms with Crippen LogP contribution < -0.4 is 4.74 Å². The molecular weight excluding hydrogens is 266 g/mol. The summed E-state index contributed by atoms with van der Waals surface area (Å²) in [5.41, 5.74) is 1.57. The molecule has 1 aromatic rings. The number of hydrogen-bond acceptors (Lipinski definition) is 3. The Morgan fingerprint density at radius 3 is 2.35 bits per heavy atom. The lowest BCUT2D eigenvalue weighted by atomic mass is 9.87. The Labute approximate surface area is 127 Å². The second kappa shape index (κ2) is 7.37. The normalized spacial score (nSPS) is 17.1. The summed E-state index contributed by atoms with van der Waals surface area (Å²) in [5, 5.41) is 0. The highest BCUT2D eigenvalue weighted by molar-refractivity contribution is 7.99. The molecule has 1 fully saturated rings. The molecule has 1 aliphatic heterocycles. The van der Waals surface area contributed by atoms with Crippen LogP contribution in [0.4, 0.5) is 0 Å². The predicted molar refractivity (Wildman–Crippen MR) is 89.0 cm³/mol. The van der Waals surface area contributed by atoms with Crippen LogP contribution in [0.5, 0.6) is 5.75 Å². The molecule has 2 nitrogen and oxygen atoms in total. The van der Waals surface area contributed by atoms with E-state index in [1.54, 1.807) is 0 Å². The van der Waals surface area contributed by atoms with Crippen molar-refractivity contribution in [3.05, 3.63) is 29.8 Å². The Hall–Kier alpha value is -0.670.